The highest BCUT2D eigenvalue weighted by molar-refractivity contribution is 5.64. The van der Waals surface area contributed by atoms with Crippen LogP contribution in [0.25, 0.3) is 0 Å². The molecule has 1 rings (SSSR count). The summed E-state index contributed by atoms with van der Waals surface area (Å²) < 4.78 is 74.5. The number of hydrogen-bond donors (Lipinski definition) is 1. The summed E-state index contributed by atoms with van der Waals surface area (Å²) in [6, 6.07) is 0. The number of nitrogens with two attached hydrogens (primary N) is 1. The van der Waals surface area contributed by atoms with Crippen molar-refractivity contribution < 1.29 is 40.6 Å². The van der Waals surface area contributed by atoms with Crippen molar-refractivity contribution in [1.82, 2.24) is 0 Å². The van der Waals surface area contributed by atoms with E-state index in [1.165, 1.54) is 0 Å². The largest absolute Gasteiger partial charge is 0.458 e. The van der Waals surface area contributed by atoms with Gasteiger partial charge >= 0.3 is 24.2 Å². The molecule has 1 amide bonds. The fraction of sp³-hybridized carbons (Fsp3) is 0.833. The van der Waals surface area contributed by atoms with Crippen LogP contribution in [0.15, 0.2) is 0 Å². The Hall–Kier alpha value is -1.19. The van der Waals surface area contributed by atoms with Crippen LogP contribution in [-0.2, 0) is 9.47 Å². The second-order valence-electron chi connectivity index (χ2n) is 2.46. The highest BCUT2D eigenvalue weighted by Crippen LogP contribution is 2.60. The normalized spacial score (nSPS) is 26.4. The second-order valence-corrected chi connectivity index (χ2v) is 2.46. The lowest BCUT2D eigenvalue weighted by molar-refractivity contribution is -0.231. The summed E-state index contributed by atoms with van der Waals surface area (Å²) in [4.78, 5) is 9.60. The molecule has 1 unspecified atom stereocenters. The van der Waals surface area contributed by atoms with Crippen molar-refractivity contribution in [1.29, 1.82) is 0 Å². The molecule has 1 saturated heterocycles. The third kappa shape index (κ3) is 3.15. The summed E-state index contributed by atoms with van der Waals surface area (Å²) in [5.74, 6) is -4.75. The Morgan fingerprint density at radius 2 is 1.75 bits per heavy atom. The van der Waals surface area contributed by atoms with Crippen molar-refractivity contribution in [3.8, 4) is 0 Å². The minimum atomic E-state index is -5.66. The molecular formula is C6H7F6NO3. The maximum atomic E-state index is 11.7. The fourth-order valence-electron chi connectivity index (χ4n) is 0.516. The number of rotatable bonds is 1. The minimum Gasteiger partial charge on any atom is -0.450 e. The molecule has 0 radical (unpaired) electrons. The molecule has 0 aromatic rings. The maximum Gasteiger partial charge on any atom is 0.458 e. The molecule has 0 spiro atoms. The molecule has 1 atom stereocenters. The van der Waals surface area contributed by atoms with Gasteiger partial charge in [-0.1, -0.05) is 0 Å². The summed E-state index contributed by atoms with van der Waals surface area (Å²) in [5, 5.41) is 0. The Bertz CT molecular complexity index is 267. The summed E-state index contributed by atoms with van der Waals surface area (Å²) >= 11 is 0. The molecule has 1 heterocycles. The van der Waals surface area contributed by atoms with Gasteiger partial charge in [-0.05, 0) is 6.92 Å². The smallest absolute Gasteiger partial charge is 0.450 e. The predicted molar refractivity (Wildman–Crippen MR) is 37.1 cm³/mol. The molecule has 96 valence electrons. The lowest BCUT2D eigenvalue weighted by atomic mass is 10.4. The molecule has 0 bridgehead atoms. The average Bonchev–Trinajstić information content (AvgIpc) is 2.51. The van der Waals surface area contributed by atoms with E-state index in [1.807, 2.05) is 0 Å². The molecular weight excluding hydrogens is 248 g/mol. The summed E-state index contributed by atoms with van der Waals surface area (Å²) in [6.07, 6.45) is -11.1. The number of epoxide rings is 1. The van der Waals surface area contributed by atoms with Gasteiger partial charge in [-0.3, -0.25) is 4.74 Å². The molecule has 0 saturated carbocycles. The van der Waals surface area contributed by atoms with Crippen LogP contribution in [0.1, 0.15) is 6.92 Å². The molecule has 10 heteroatoms. The first-order valence-electron chi connectivity index (χ1n) is 3.73. The van der Waals surface area contributed by atoms with Crippen molar-refractivity contribution >= 4 is 6.09 Å². The van der Waals surface area contributed by atoms with E-state index < -0.39 is 24.2 Å². The third-order valence-corrected chi connectivity index (χ3v) is 1.25. The van der Waals surface area contributed by atoms with Crippen molar-refractivity contribution in [2.75, 3.05) is 6.61 Å². The Balaban J connectivity index is 0.000000325. The highest BCUT2D eigenvalue weighted by atomic mass is 19.4. The SMILES string of the molecule is CCOC(N)=O.FC(F)(F)C1(F)OC1(F)F. The summed E-state index contributed by atoms with van der Waals surface area (Å²) in [6.45, 7) is 2.06. The first-order chi connectivity index (χ1) is 6.98. The number of halogens is 6. The number of carbonyl (C=O) groups is 1. The highest BCUT2D eigenvalue weighted by Gasteiger charge is 2.90. The number of carbonyl (C=O) groups excluding carboxylic acids is 1. The van der Waals surface area contributed by atoms with Crippen LogP contribution in [0.2, 0.25) is 0 Å². The van der Waals surface area contributed by atoms with Gasteiger partial charge in [0, 0.05) is 0 Å². The Labute approximate surface area is 85.3 Å². The lowest BCUT2D eigenvalue weighted by Crippen LogP contribution is -2.32. The monoisotopic (exact) mass is 255 g/mol. The van der Waals surface area contributed by atoms with E-state index in [2.05, 4.69) is 15.2 Å². The van der Waals surface area contributed by atoms with Crippen LogP contribution in [0.5, 0.6) is 0 Å². The van der Waals surface area contributed by atoms with E-state index in [1.54, 1.807) is 6.92 Å². The van der Waals surface area contributed by atoms with Gasteiger partial charge in [0.1, 0.15) is 0 Å². The molecule has 0 aliphatic carbocycles. The fourth-order valence-corrected chi connectivity index (χ4v) is 0.516. The quantitative estimate of drug-likeness (QED) is 0.575. The molecule has 0 aromatic heterocycles. The number of alkyl halides is 6. The first kappa shape index (κ1) is 14.8. The summed E-state index contributed by atoms with van der Waals surface area (Å²) in [7, 11) is 0. The van der Waals surface area contributed by atoms with Crippen molar-refractivity contribution in [2.24, 2.45) is 5.73 Å². The average molecular weight is 255 g/mol. The van der Waals surface area contributed by atoms with Gasteiger partial charge in [0.15, 0.2) is 0 Å². The van der Waals surface area contributed by atoms with E-state index >= 15 is 0 Å². The van der Waals surface area contributed by atoms with Gasteiger partial charge in [-0.2, -0.15) is 26.3 Å². The minimum absolute atomic E-state index is 0.356. The Morgan fingerprint density at radius 3 is 1.75 bits per heavy atom. The van der Waals surface area contributed by atoms with Gasteiger partial charge in [0.25, 0.3) is 0 Å². The maximum absolute atomic E-state index is 11.7. The summed E-state index contributed by atoms with van der Waals surface area (Å²) in [5.41, 5.74) is 4.54. The van der Waals surface area contributed by atoms with Gasteiger partial charge < -0.3 is 10.5 Å². The Morgan fingerprint density at radius 1 is 1.38 bits per heavy atom. The number of amides is 1. The van der Waals surface area contributed by atoms with Gasteiger partial charge in [0.05, 0.1) is 6.61 Å². The van der Waals surface area contributed by atoms with Crippen LogP contribution >= 0.6 is 0 Å². The third-order valence-electron chi connectivity index (χ3n) is 1.25. The van der Waals surface area contributed by atoms with Crippen LogP contribution in [0.3, 0.4) is 0 Å². The lowest BCUT2D eigenvalue weighted by Gasteiger charge is -2.04. The predicted octanol–water partition coefficient (Wildman–Crippen LogP) is 1.94. The number of ether oxygens (including phenoxy) is 2. The van der Waals surface area contributed by atoms with E-state index in [-0.39, 0.29) is 0 Å². The molecule has 1 aliphatic rings. The van der Waals surface area contributed by atoms with Crippen molar-refractivity contribution in [3.63, 3.8) is 0 Å². The topological polar surface area (TPSA) is 64.8 Å². The first-order valence-corrected chi connectivity index (χ1v) is 3.73. The van der Waals surface area contributed by atoms with Crippen LogP contribution in [0.4, 0.5) is 31.1 Å². The van der Waals surface area contributed by atoms with Crippen molar-refractivity contribution in [2.45, 2.75) is 25.1 Å². The molecule has 0 aromatic carbocycles. The number of primary amides is 1. The molecule has 1 aliphatic heterocycles. The Kier molecular flexibility index (Phi) is 4.03. The van der Waals surface area contributed by atoms with Crippen LogP contribution in [0, 0.1) is 0 Å². The van der Waals surface area contributed by atoms with E-state index in [0.717, 1.165) is 0 Å². The number of hydrogen-bond acceptors (Lipinski definition) is 3. The van der Waals surface area contributed by atoms with Crippen molar-refractivity contribution in [3.05, 3.63) is 0 Å². The van der Waals surface area contributed by atoms with Crippen LogP contribution < -0.4 is 5.73 Å². The van der Waals surface area contributed by atoms with E-state index in [9.17, 15) is 31.1 Å². The standard InChI is InChI=1S/C3F6O.C3H7NO2/c4-1(2(5,6)7)3(8,9)10-1;1-2-6-3(4)5/h;2H2,1H3,(H2,4,5). The van der Waals surface area contributed by atoms with Crippen LogP contribution in [-0.4, -0.2) is 30.8 Å². The zero-order valence-electron chi connectivity index (χ0n) is 7.78. The zero-order valence-corrected chi connectivity index (χ0v) is 7.78. The van der Waals surface area contributed by atoms with Gasteiger partial charge in [-0.15, -0.1) is 0 Å². The van der Waals surface area contributed by atoms with Gasteiger partial charge in [-0.25, -0.2) is 4.79 Å². The van der Waals surface area contributed by atoms with Gasteiger partial charge in [0.2, 0.25) is 0 Å². The second kappa shape index (κ2) is 4.36. The van der Waals surface area contributed by atoms with E-state index in [0.29, 0.717) is 6.61 Å². The molecule has 16 heavy (non-hydrogen) atoms. The molecule has 1 fully saturated rings. The molecule has 4 nitrogen and oxygen atoms in total. The zero-order chi connectivity index (χ0) is 13.2. The van der Waals surface area contributed by atoms with E-state index in [4.69, 9.17) is 0 Å². The molecule has 2 N–H and O–H groups in total.